The van der Waals surface area contributed by atoms with Crippen molar-refractivity contribution in [2.45, 2.75) is 45.1 Å². The van der Waals surface area contributed by atoms with Crippen LogP contribution >= 0.6 is 0 Å². The second-order valence-electron chi connectivity index (χ2n) is 7.27. The minimum Gasteiger partial charge on any atom is -0.481 e. The van der Waals surface area contributed by atoms with Crippen LogP contribution in [0.3, 0.4) is 0 Å². The average molecular weight is 300 g/mol. The molecule has 2 N–H and O–H groups in total. The Morgan fingerprint density at radius 3 is 2.24 bits per heavy atom. The number of carbonyl (C=O) groups is 1. The standard InChI is InChI=1S/C16H32N2O3/c1-13(2)11-18(10-9-17(3)4)12-16(21)7-5-14(6-8-16)15(19)20/h13-14,21H,5-12H2,1-4H3,(H,19,20). The van der Waals surface area contributed by atoms with Crippen molar-refractivity contribution in [1.82, 2.24) is 9.80 Å². The summed E-state index contributed by atoms with van der Waals surface area (Å²) in [6, 6.07) is 0. The highest BCUT2D eigenvalue weighted by molar-refractivity contribution is 5.70. The first kappa shape index (κ1) is 18.4. The van der Waals surface area contributed by atoms with Gasteiger partial charge in [0.1, 0.15) is 0 Å². The van der Waals surface area contributed by atoms with E-state index in [0.717, 1.165) is 19.6 Å². The molecular formula is C16H32N2O3. The van der Waals surface area contributed by atoms with Gasteiger partial charge >= 0.3 is 5.97 Å². The van der Waals surface area contributed by atoms with Crippen molar-refractivity contribution >= 4 is 5.97 Å². The lowest BCUT2D eigenvalue weighted by Crippen LogP contribution is -2.48. The van der Waals surface area contributed by atoms with Crippen LogP contribution in [0.1, 0.15) is 39.5 Å². The Bertz CT molecular complexity index is 323. The van der Waals surface area contributed by atoms with Gasteiger partial charge in [0.2, 0.25) is 0 Å². The molecule has 1 fully saturated rings. The van der Waals surface area contributed by atoms with Crippen LogP contribution in [0.4, 0.5) is 0 Å². The Labute approximate surface area is 128 Å². The Kier molecular flexibility index (Phi) is 7.10. The van der Waals surface area contributed by atoms with Gasteiger partial charge in [-0.25, -0.2) is 0 Å². The minimum atomic E-state index is -0.719. The normalized spacial score (nSPS) is 26.8. The van der Waals surface area contributed by atoms with E-state index in [4.69, 9.17) is 5.11 Å². The molecule has 0 radical (unpaired) electrons. The Hall–Kier alpha value is -0.650. The first-order chi connectivity index (χ1) is 9.72. The fraction of sp³-hybridized carbons (Fsp3) is 0.938. The average Bonchev–Trinajstić information content (AvgIpc) is 2.35. The summed E-state index contributed by atoms with van der Waals surface area (Å²) in [6.07, 6.45) is 2.38. The van der Waals surface area contributed by atoms with Crippen LogP contribution in [0, 0.1) is 11.8 Å². The van der Waals surface area contributed by atoms with Gasteiger partial charge in [-0.3, -0.25) is 9.69 Å². The lowest BCUT2D eigenvalue weighted by Gasteiger charge is -2.39. The largest absolute Gasteiger partial charge is 0.481 e. The predicted molar refractivity (Wildman–Crippen MR) is 84.4 cm³/mol. The van der Waals surface area contributed by atoms with Crippen LogP contribution in [-0.4, -0.2) is 71.9 Å². The zero-order valence-corrected chi connectivity index (χ0v) is 14.0. The van der Waals surface area contributed by atoms with Gasteiger partial charge in [0.05, 0.1) is 11.5 Å². The number of hydrogen-bond donors (Lipinski definition) is 2. The molecule has 1 rings (SSSR count). The van der Waals surface area contributed by atoms with Crippen molar-refractivity contribution in [1.29, 1.82) is 0 Å². The number of likely N-dealkylation sites (N-methyl/N-ethyl adjacent to an activating group) is 1. The second-order valence-corrected chi connectivity index (χ2v) is 7.27. The molecule has 0 aromatic rings. The summed E-state index contributed by atoms with van der Waals surface area (Å²) in [4.78, 5) is 15.5. The van der Waals surface area contributed by atoms with Gasteiger partial charge < -0.3 is 15.1 Å². The molecular weight excluding hydrogens is 268 g/mol. The maximum absolute atomic E-state index is 11.0. The van der Waals surface area contributed by atoms with E-state index in [9.17, 15) is 9.90 Å². The van der Waals surface area contributed by atoms with Crippen molar-refractivity contribution in [3.63, 3.8) is 0 Å². The highest BCUT2D eigenvalue weighted by atomic mass is 16.4. The zero-order valence-electron chi connectivity index (χ0n) is 14.0. The molecule has 1 aliphatic rings. The number of hydrogen-bond acceptors (Lipinski definition) is 4. The van der Waals surface area contributed by atoms with Gasteiger partial charge in [0.25, 0.3) is 0 Å². The van der Waals surface area contributed by atoms with Crippen LogP contribution in [0.5, 0.6) is 0 Å². The van der Waals surface area contributed by atoms with E-state index in [1.165, 1.54) is 0 Å². The SMILES string of the molecule is CC(C)CN(CCN(C)C)CC1(O)CCC(C(=O)O)CC1. The van der Waals surface area contributed by atoms with Gasteiger partial charge in [0, 0.05) is 26.2 Å². The van der Waals surface area contributed by atoms with Crippen LogP contribution in [0.2, 0.25) is 0 Å². The first-order valence-electron chi connectivity index (χ1n) is 8.04. The fourth-order valence-corrected chi connectivity index (χ4v) is 3.07. The third kappa shape index (κ3) is 6.76. The van der Waals surface area contributed by atoms with Gasteiger partial charge in [0.15, 0.2) is 0 Å². The van der Waals surface area contributed by atoms with E-state index < -0.39 is 11.6 Å². The van der Waals surface area contributed by atoms with Gasteiger partial charge in [-0.1, -0.05) is 13.8 Å². The third-order valence-electron chi connectivity index (χ3n) is 4.27. The number of carboxylic acid groups (broad SMARTS) is 1. The summed E-state index contributed by atoms with van der Waals surface area (Å²) >= 11 is 0. The van der Waals surface area contributed by atoms with E-state index >= 15 is 0 Å². The summed E-state index contributed by atoms with van der Waals surface area (Å²) in [6.45, 7) is 7.92. The molecule has 1 aliphatic carbocycles. The fourth-order valence-electron chi connectivity index (χ4n) is 3.07. The summed E-state index contributed by atoms with van der Waals surface area (Å²) in [7, 11) is 4.11. The molecule has 0 heterocycles. The highest BCUT2D eigenvalue weighted by Gasteiger charge is 2.37. The molecule has 0 amide bonds. The first-order valence-corrected chi connectivity index (χ1v) is 8.04. The molecule has 0 unspecified atom stereocenters. The summed E-state index contributed by atoms with van der Waals surface area (Å²) in [5.74, 6) is -0.430. The molecule has 5 nitrogen and oxygen atoms in total. The Morgan fingerprint density at radius 1 is 1.24 bits per heavy atom. The number of nitrogens with zero attached hydrogens (tertiary/aromatic N) is 2. The summed E-state index contributed by atoms with van der Waals surface area (Å²) in [5.41, 5.74) is -0.715. The topological polar surface area (TPSA) is 64.0 Å². The lowest BCUT2D eigenvalue weighted by atomic mass is 9.78. The van der Waals surface area contributed by atoms with E-state index in [1.54, 1.807) is 0 Å². The lowest BCUT2D eigenvalue weighted by molar-refractivity contribution is -0.145. The van der Waals surface area contributed by atoms with Crippen LogP contribution in [-0.2, 0) is 4.79 Å². The van der Waals surface area contributed by atoms with Crippen molar-refractivity contribution in [3.05, 3.63) is 0 Å². The second kappa shape index (κ2) is 8.11. The van der Waals surface area contributed by atoms with Crippen LogP contribution in [0.15, 0.2) is 0 Å². The predicted octanol–water partition coefficient (Wildman–Crippen LogP) is 1.51. The number of carboxylic acids is 1. The van der Waals surface area contributed by atoms with Gasteiger partial charge in [-0.05, 0) is 45.7 Å². The van der Waals surface area contributed by atoms with Gasteiger partial charge in [-0.15, -0.1) is 0 Å². The molecule has 0 aromatic carbocycles. The minimum absolute atomic E-state index is 0.273. The molecule has 21 heavy (non-hydrogen) atoms. The molecule has 5 heteroatoms. The van der Waals surface area contributed by atoms with E-state index in [-0.39, 0.29) is 5.92 Å². The van der Waals surface area contributed by atoms with E-state index in [2.05, 4.69) is 37.7 Å². The van der Waals surface area contributed by atoms with E-state index in [1.807, 2.05) is 0 Å². The monoisotopic (exact) mass is 300 g/mol. The summed E-state index contributed by atoms with van der Waals surface area (Å²) < 4.78 is 0. The number of rotatable bonds is 8. The summed E-state index contributed by atoms with van der Waals surface area (Å²) in [5, 5.41) is 19.8. The van der Waals surface area contributed by atoms with Gasteiger partial charge in [-0.2, -0.15) is 0 Å². The van der Waals surface area contributed by atoms with Crippen LogP contribution in [0.25, 0.3) is 0 Å². The maximum atomic E-state index is 11.0. The van der Waals surface area contributed by atoms with Crippen LogP contribution < -0.4 is 0 Å². The Balaban J connectivity index is 2.54. The zero-order chi connectivity index (χ0) is 16.0. The molecule has 0 aromatic heterocycles. The molecule has 0 atom stereocenters. The Morgan fingerprint density at radius 2 is 1.81 bits per heavy atom. The molecule has 124 valence electrons. The number of aliphatic carboxylic acids is 1. The maximum Gasteiger partial charge on any atom is 0.306 e. The molecule has 0 spiro atoms. The van der Waals surface area contributed by atoms with Crippen molar-refractivity contribution in [2.75, 3.05) is 40.3 Å². The van der Waals surface area contributed by atoms with E-state index in [0.29, 0.717) is 38.1 Å². The quantitative estimate of drug-likeness (QED) is 0.711. The van der Waals surface area contributed by atoms with Crippen molar-refractivity contribution in [3.8, 4) is 0 Å². The highest BCUT2D eigenvalue weighted by Crippen LogP contribution is 2.33. The smallest absolute Gasteiger partial charge is 0.306 e. The third-order valence-corrected chi connectivity index (χ3v) is 4.27. The molecule has 1 saturated carbocycles. The van der Waals surface area contributed by atoms with Crippen molar-refractivity contribution in [2.24, 2.45) is 11.8 Å². The van der Waals surface area contributed by atoms with Crippen molar-refractivity contribution < 1.29 is 15.0 Å². The molecule has 0 bridgehead atoms. The number of aliphatic hydroxyl groups is 1. The molecule has 0 saturated heterocycles. The molecule has 0 aliphatic heterocycles.